The summed E-state index contributed by atoms with van der Waals surface area (Å²) >= 11 is 0. The monoisotopic (exact) mass is 151 g/mol. The first-order valence-electron chi connectivity index (χ1n) is 2.13. The molecule has 0 saturated carbocycles. The van der Waals surface area contributed by atoms with Crippen molar-refractivity contribution in [3.05, 3.63) is 0 Å². The molecule has 0 aromatic heterocycles. The zero-order valence-electron chi connectivity index (χ0n) is 5.34. The van der Waals surface area contributed by atoms with Gasteiger partial charge in [-0.2, -0.15) is 0 Å². The first-order chi connectivity index (χ1) is 3.95. The predicted octanol–water partition coefficient (Wildman–Crippen LogP) is -0.396. The Morgan fingerprint density at radius 2 is 2.22 bits per heavy atom. The van der Waals surface area contributed by atoms with Crippen molar-refractivity contribution >= 4 is 21.7 Å². The number of methoxy groups -OCH3 is 1. The highest BCUT2D eigenvalue weighted by atomic mass is 32.2. The van der Waals surface area contributed by atoms with Gasteiger partial charge in [-0.25, -0.2) is 13.7 Å². The Labute approximate surface area is 54.3 Å². The molecule has 0 radical (unpaired) electrons. The number of carbonyl (C=O) groups excluding carboxylic acids is 1. The van der Waals surface area contributed by atoms with Gasteiger partial charge in [0, 0.05) is 16.0 Å². The Bertz CT molecular complexity index is 194. The molecule has 0 heterocycles. The molecule has 4 nitrogen and oxygen atoms in total. The van der Waals surface area contributed by atoms with Crippen LogP contribution < -0.4 is 4.72 Å². The van der Waals surface area contributed by atoms with Gasteiger partial charge in [-0.3, -0.25) is 0 Å². The van der Waals surface area contributed by atoms with E-state index in [2.05, 4.69) is 10.6 Å². The van der Waals surface area contributed by atoms with E-state index in [0.29, 0.717) is 0 Å². The van der Waals surface area contributed by atoms with Crippen LogP contribution in [0.4, 0.5) is 4.79 Å². The molecule has 0 aromatic rings. The second-order valence-corrected chi connectivity index (χ2v) is 3.81. The molecule has 0 bridgehead atoms. The molecule has 1 unspecified atom stereocenters. The molecule has 5 heteroatoms. The molecule has 9 heavy (non-hydrogen) atoms. The minimum Gasteiger partial charge on any atom is -0.452 e. The topological polar surface area (TPSA) is 55.4 Å². The molecule has 0 aliphatic carbocycles. The maximum Gasteiger partial charge on any atom is 0.418 e. The van der Waals surface area contributed by atoms with Gasteiger partial charge in [-0.15, -0.1) is 0 Å². The Kier molecular flexibility index (Phi) is 2.51. The molecule has 54 valence electrons. The smallest absolute Gasteiger partial charge is 0.418 e. The van der Waals surface area contributed by atoms with Crippen LogP contribution in [0.25, 0.3) is 0 Å². The summed E-state index contributed by atoms with van der Waals surface area (Å²) in [5, 5.41) is 0. The maximum absolute atomic E-state index is 10.6. The van der Waals surface area contributed by atoms with Crippen molar-refractivity contribution in [3.8, 4) is 0 Å². The minimum absolute atomic E-state index is 0.725. The lowest BCUT2D eigenvalue weighted by Crippen LogP contribution is -2.28. The van der Waals surface area contributed by atoms with E-state index in [4.69, 9.17) is 0 Å². The molecule has 1 amide bonds. The maximum atomic E-state index is 10.6. The fraction of sp³-hybridized carbons (Fsp3) is 0.500. The van der Waals surface area contributed by atoms with Crippen LogP contribution >= 0.6 is 0 Å². The molecule has 0 aliphatic rings. The van der Waals surface area contributed by atoms with Crippen molar-refractivity contribution in [1.82, 2.24) is 4.72 Å². The highest BCUT2D eigenvalue weighted by Crippen LogP contribution is 1.76. The van der Waals surface area contributed by atoms with E-state index in [-0.39, 0.29) is 0 Å². The van der Waals surface area contributed by atoms with E-state index >= 15 is 0 Å². The predicted molar refractivity (Wildman–Crippen MR) is 36.7 cm³/mol. The second-order valence-electron chi connectivity index (χ2n) is 1.60. The van der Waals surface area contributed by atoms with Crippen LogP contribution in [0.2, 0.25) is 0 Å². The highest BCUT2D eigenvalue weighted by Gasteiger charge is 2.00. The van der Waals surface area contributed by atoms with Crippen molar-refractivity contribution in [3.63, 3.8) is 0 Å². The normalized spacial score (nSPS) is 15.8. The molecule has 1 N–H and O–H groups in total. The summed E-state index contributed by atoms with van der Waals surface area (Å²) < 4.78 is 16.8. The Morgan fingerprint density at radius 1 is 1.78 bits per heavy atom. The lowest BCUT2D eigenvalue weighted by atomic mass is 11.2. The van der Waals surface area contributed by atoms with Crippen LogP contribution in [0.15, 0.2) is 0 Å². The van der Waals surface area contributed by atoms with E-state index in [1.807, 2.05) is 4.72 Å². The van der Waals surface area contributed by atoms with Gasteiger partial charge in [0.05, 0.1) is 7.11 Å². The summed E-state index contributed by atoms with van der Waals surface area (Å²) in [5.41, 5.74) is 0. The van der Waals surface area contributed by atoms with Gasteiger partial charge in [0.15, 0.2) is 0 Å². The van der Waals surface area contributed by atoms with Crippen LogP contribution in [0.1, 0.15) is 0 Å². The molecule has 0 aliphatic heterocycles. The molecule has 0 fully saturated rings. The van der Waals surface area contributed by atoms with Crippen molar-refractivity contribution in [2.24, 2.45) is 0 Å². The Hall–Kier alpha value is -0.710. The van der Waals surface area contributed by atoms with Crippen LogP contribution in [0.5, 0.6) is 0 Å². The number of carbonyl (C=O) groups is 1. The lowest BCUT2D eigenvalue weighted by Gasteiger charge is -2.02. The van der Waals surface area contributed by atoms with Crippen molar-refractivity contribution < 1.29 is 13.7 Å². The third-order valence-corrected chi connectivity index (χ3v) is 1.08. The summed E-state index contributed by atoms with van der Waals surface area (Å²) in [4.78, 5) is 10.3. The fourth-order valence-electron chi connectivity index (χ4n) is 0.218. The molecule has 0 saturated heterocycles. The van der Waals surface area contributed by atoms with E-state index in [1.165, 1.54) is 13.4 Å². The Balaban J connectivity index is 3.91. The number of rotatable bonds is 1. The van der Waals surface area contributed by atoms with Crippen molar-refractivity contribution in [2.45, 2.75) is 0 Å². The highest BCUT2D eigenvalue weighted by molar-refractivity contribution is 7.98. The SMILES string of the molecule is C=S(C)(=O)NC(=O)OC. The van der Waals surface area contributed by atoms with Gasteiger partial charge in [0.25, 0.3) is 0 Å². The average Bonchev–Trinajstić information content (AvgIpc) is 1.62. The van der Waals surface area contributed by atoms with Crippen LogP contribution in [0, 0.1) is 0 Å². The van der Waals surface area contributed by atoms with E-state index in [1.54, 1.807) is 0 Å². The molecule has 1 atom stereocenters. The van der Waals surface area contributed by atoms with Gasteiger partial charge < -0.3 is 4.74 Å². The third-order valence-electron chi connectivity index (χ3n) is 0.485. The number of amides is 1. The lowest BCUT2D eigenvalue weighted by molar-refractivity contribution is 0.178. The van der Waals surface area contributed by atoms with Gasteiger partial charge in [0.2, 0.25) is 0 Å². The van der Waals surface area contributed by atoms with Crippen molar-refractivity contribution in [1.29, 1.82) is 0 Å². The fourth-order valence-corrected chi connectivity index (χ4v) is 0.654. The summed E-state index contributed by atoms with van der Waals surface area (Å²) in [7, 11) is -1.27. The quantitative estimate of drug-likeness (QED) is 0.519. The number of ether oxygens (including phenoxy) is 1. The van der Waals surface area contributed by atoms with Gasteiger partial charge in [0.1, 0.15) is 0 Å². The van der Waals surface area contributed by atoms with Crippen LogP contribution in [-0.2, 0) is 14.4 Å². The van der Waals surface area contributed by atoms with Crippen LogP contribution in [0.3, 0.4) is 0 Å². The van der Waals surface area contributed by atoms with Crippen molar-refractivity contribution in [2.75, 3.05) is 13.4 Å². The van der Waals surface area contributed by atoms with Gasteiger partial charge in [-0.1, -0.05) is 0 Å². The van der Waals surface area contributed by atoms with E-state index in [0.717, 1.165) is 0 Å². The van der Waals surface area contributed by atoms with Gasteiger partial charge in [-0.05, 0) is 5.87 Å². The standard InChI is InChI=1S/C4H9NO3S/c1-8-4(6)5-9(2,3)7/h2H2,1,3H3,(H,5,6,7). The number of hydrogen-bond donors (Lipinski definition) is 1. The molecule has 0 rings (SSSR count). The number of nitrogens with one attached hydrogen (secondary N) is 1. The average molecular weight is 151 g/mol. The third kappa shape index (κ3) is 5.16. The van der Waals surface area contributed by atoms with Gasteiger partial charge >= 0.3 is 6.09 Å². The molecular weight excluding hydrogens is 142 g/mol. The second kappa shape index (κ2) is 2.72. The summed E-state index contributed by atoms with van der Waals surface area (Å²) in [6.45, 7) is 0. The zero-order chi connectivity index (χ0) is 7.49. The van der Waals surface area contributed by atoms with E-state index < -0.39 is 15.8 Å². The summed E-state index contributed by atoms with van der Waals surface area (Å²) in [6.07, 6.45) is 0.585. The summed E-state index contributed by atoms with van der Waals surface area (Å²) in [6, 6.07) is 0. The largest absolute Gasteiger partial charge is 0.452 e. The first kappa shape index (κ1) is 8.29. The molecule has 0 aromatic carbocycles. The number of hydrogen-bond acceptors (Lipinski definition) is 3. The minimum atomic E-state index is -2.46. The molecule has 0 spiro atoms. The Morgan fingerprint density at radius 3 is 2.33 bits per heavy atom. The summed E-state index contributed by atoms with van der Waals surface area (Å²) in [5.74, 6) is 3.17. The zero-order valence-corrected chi connectivity index (χ0v) is 6.16. The van der Waals surface area contributed by atoms with E-state index in [9.17, 15) is 9.00 Å². The van der Waals surface area contributed by atoms with Crippen LogP contribution in [-0.4, -0.2) is 29.5 Å². The molecular formula is C4H9NO3S. The first-order valence-corrected chi connectivity index (χ1v) is 4.27.